The van der Waals surface area contributed by atoms with Crippen LogP contribution in [-0.4, -0.2) is 33.6 Å². The molecule has 98 valence electrons. The number of allylic oxidation sites excluding steroid dienone is 1. The van der Waals surface area contributed by atoms with E-state index in [1.54, 1.807) is 12.2 Å². The summed E-state index contributed by atoms with van der Waals surface area (Å²) in [6.45, 7) is 5.70. The molecule has 0 amide bonds. The smallest absolute Gasteiger partial charge is 0.0720 e. The SMILES string of the molecule is C=CC[C@@H]1[C@@H](/C=C/[C@@H](O)CCC)[C@H](O)C[C@@H]1O. The summed E-state index contributed by atoms with van der Waals surface area (Å²) in [4.78, 5) is 0. The minimum absolute atomic E-state index is 0.0209. The minimum Gasteiger partial charge on any atom is -0.393 e. The highest BCUT2D eigenvalue weighted by molar-refractivity contribution is 5.05. The Morgan fingerprint density at radius 3 is 2.65 bits per heavy atom. The van der Waals surface area contributed by atoms with Crippen LogP contribution >= 0.6 is 0 Å². The van der Waals surface area contributed by atoms with Gasteiger partial charge in [-0.25, -0.2) is 0 Å². The van der Waals surface area contributed by atoms with Crippen LogP contribution < -0.4 is 0 Å². The van der Waals surface area contributed by atoms with E-state index < -0.39 is 18.3 Å². The van der Waals surface area contributed by atoms with Crippen molar-refractivity contribution in [1.29, 1.82) is 0 Å². The fourth-order valence-electron chi connectivity index (χ4n) is 2.55. The predicted octanol–water partition coefficient (Wildman–Crippen LogP) is 1.64. The number of rotatable bonds is 6. The van der Waals surface area contributed by atoms with E-state index in [2.05, 4.69) is 6.58 Å². The summed E-state index contributed by atoms with van der Waals surface area (Å²) in [5, 5.41) is 29.3. The molecule has 1 aliphatic carbocycles. The van der Waals surface area contributed by atoms with Gasteiger partial charge >= 0.3 is 0 Å². The Labute approximate surface area is 103 Å². The summed E-state index contributed by atoms with van der Waals surface area (Å²) in [5.41, 5.74) is 0. The van der Waals surface area contributed by atoms with E-state index in [1.807, 2.05) is 13.0 Å². The van der Waals surface area contributed by atoms with Crippen LogP contribution in [-0.2, 0) is 0 Å². The third kappa shape index (κ3) is 3.95. The van der Waals surface area contributed by atoms with E-state index in [4.69, 9.17) is 0 Å². The fraction of sp³-hybridized carbons (Fsp3) is 0.714. The van der Waals surface area contributed by atoms with Gasteiger partial charge in [0.2, 0.25) is 0 Å². The van der Waals surface area contributed by atoms with Crippen molar-refractivity contribution in [2.75, 3.05) is 0 Å². The third-order valence-electron chi connectivity index (χ3n) is 3.49. The molecule has 0 aromatic carbocycles. The van der Waals surface area contributed by atoms with Gasteiger partial charge in [-0.2, -0.15) is 0 Å². The number of hydrogen-bond donors (Lipinski definition) is 3. The molecular weight excluding hydrogens is 216 g/mol. The van der Waals surface area contributed by atoms with Gasteiger partial charge in [-0.05, 0) is 18.8 Å². The second-order valence-corrected chi connectivity index (χ2v) is 4.88. The lowest BCUT2D eigenvalue weighted by molar-refractivity contribution is 0.120. The topological polar surface area (TPSA) is 60.7 Å². The zero-order chi connectivity index (χ0) is 12.8. The summed E-state index contributed by atoms with van der Waals surface area (Å²) < 4.78 is 0. The average Bonchev–Trinajstić information content (AvgIpc) is 2.53. The molecule has 1 rings (SSSR count). The van der Waals surface area contributed by atoms with Gasteiger partial charge in [0.15, 0.2) is 0 Å². The van der Waals surface area contributed by atoms with E-state index in [-0.39, 0.29) is 11.8 Å². The van der Waals surface area contributed by atoms with Gasteiger partial charge in [-0.1, -0.05) is 31.6 Å². The molecule has 5 atom stereocenters. The quantitative estimate of drug-likeness (QED) is 0.618. The Bertz CT molecular complexity index is 262. The zero-order valence-electron chi connectivity index (χ0n) is 10.5. The molecular formula is C14H24O3. The van der Waals surface area contributed by atoms with Gasteiger partial charge in [0.1, 0.15) is 0 Å². The van der Waals surface area contributed by atoms with Crippen LogP contribution in [0, 0.1) is 11.8 Å². The Morgan fingerprint density at radius 2 is 2.06 bits per heavy atom. The van der Waals surface area contributed by atoms with Gasteiger partial charge in [0.05, 0.1) is 18.3 Å². The number of aliphatic hydroxyl groups excluding tert-OH is 3. The summed E-state index contributed by atoms with van der Waals surface area (Å²) >= 11 is 0. The van der Waals surface area contributed by atoms with Crippen LogP contribution in [0.4, 0.5) is 0 Å². The lowest BCUT2D eigenvalue weighted by atomic mass is 9.90. The Balaban J connectivity index is 2.62. The molecule has 1 aliphatic rings. The predicted molar refractivity (Wildman–Crippen MR) is 68.5 cm³/mol. The van der Waals surface area contributed by atoms with Crippen LogP contribution in [0.1, 0.15) is 32.6 Å². The first-order valence-electron chi connectivity index (χ1n) is 6.43. The molecule has 3 N–H and O–H groups in total. The van der Waals surface area contributed by atoms with E-state index in [9.17, 15) is 15.3 Å². The van der Waals surface area contributed by atoms with Crippen LogP contribution in [0.25, 0.3) is 0 Å². The molecule has 0 aromatic rings. The zero-order valence-corrected chi connectivity index (χ0v) is 10.5. The van der Waals surface area contributed by atoms with Crippen molar-refractivity contribution in [3.8, 4) is 0 Å². The van der Waals surface area contributed by atoms with Crippen molar-refractivity contribution in [2.24, 2.45) is 11.8 Å². The maximum Gasteiger partial charge on any atom is 0.0720 e. The van der Waals surface area contributed by atoms with Gasteiger partial charge in [0, 0.05) is 12.3 Å². The molecule has 0 radical (unpaired) electrons. The maximum absolute atomic E-state index is 9.87. The molecule has 0 aliphatic heterocycles. The average molecular weight is 240 g/mol. The van der Waals surface area contributed by atoms with E-state index in [1.165, 1.54) is 0 Å². The molecule has 0 spiro atoms. The van der Waals surface area contributed by atoms with Gasteiger partial charge in [-0.3, -0.25) is 0 Å². The van der Waals surface area contributed by atoms with Crippen molar-refractivity contribution in [3.63, 3.8) is 0 Å². The minimum atomic E-state index is -0.514. The van der Waals surface area contributed by atoms with Crippen LogP contribution in [0.5, 0.6) is 0 Å². The number of hydrogen-bond acceptors (Lipinski definition) is 3. The summed E-state index contributed by atoms with van der Waals surface area (Å²) in [7, 11) is 0. The first-order valence-corrected chi connectivity index (χ1v) is 6.43. The van der Waals surface area contributed by atoms with Crippen molar-refractivity contribution in [1.82, 2.24) is 0 Å². The lowest BCUT2D eigenvalue weighted by Gasteiger charge is -2.19. The van der Waals surface area contributed by atoms with Crippen molar-refractivity contribution in [2.45, 2.75) is 50.9 Å². The van der Waals surface area contributed by atoms with Gasteiger partial charge < -0.3 is 15.3 Å². The molecule has 17 heavy (non-hydrogen) atoms. The summed E-state index contributed by atoms with van der Waals surface area (Å²) in [6, 6.07) is 0. The van der Waals surface area contributed by atoms with Crippen molar-refractivity contribution >= 4 is 0 Å². The van der Waals surface area contributed by atoms with Crippen molar-refractivity contribution < 1.29 is 15.3 Å². The molecule has 1 saturated carbocycles. The first kappa shape index (κ1) is 14.4. The molecule has 0 aromatic heterocycles. The molecule has 0 heterocycles. The molecule has 0 unspecified atom stereocenters. The molecule has 3 heteroatoms. The Kier molecular flexibility index (Phi) is 5.89. The second-order valence-electron chi connectivity index (χ2n) is 4.88. The monoisotopic (exact) mass is 240 g/mol. The normalized spacial score (nSPS) is 35.3. The van der Waals surface area contributed by atoms with Crippen LogP contribution in [0.3, 0.4) is 0 Å². The highest BCUT2D eigenvalue weighted by atomic mass is 16.3. The molecule has 0 bridgehead atoms. The van der Waals surface area contributed by atoms with Gasteiger partial charge in [0.25, 0.3) is 0 Å². The summed E-state index contributed by atoms with van der Waals surface area (Å²) in [5.74, 6) is -0.0536. The Hall–Kier alpha value is -0.640. The Morgan fingerprint density at radius 1 is 1.35 bits per heavy atom. The lowest BCUT2D eigenvalue weighted by Crippen LogP contribution is -2.20. The maximum atomic E-state index is 9.87. The second kappa shape index (κ2) is 6.94. The van der Waals surface area contributed by atoms with E-state index in [0.29, 0.717) is 12.8 Å². The molecule has 1 fully saturated rings. The first-order chi connectivity index (χ1) is 8.10. The summed E-state index contributed by atoms with van der Waals surface area (Å²) in [6.07, 6.45) is 6.70. The third-order valence-corrected chi connectivity index (χ3v) is 3.49. The number of aliphatic hydroxyl groups is 3. The fourth-order valence-corrected chi connectivity index (χ4v) is 2.55. The molecule has 0 saturated heterocycles. The largest absolute Gasteiger partial charge is 0.393 e. The molecule has 3 nitrogen and oxygen atoms in total. The van der Waals surface area contributed by atoms with Gasteiger partial charge in [-0.15, -0.1) is 6.58 Å². The standard InChI is InChI=1S/C14H24O3/c1-3-5-10(15)7-8-12-11(6-4-2)13(16)9-14(12)17/h4,7-8,10-17H,2-3,5-6,9H2,1H3/b8-7+/t10-,11+,12+,13-,14+/m0/s1. The van der Waals surface area contributed by atoms with Crippen LogP contribution in [0.2, 0.25) is 0 Å². The van der Waals surface area contributed by atoms with Crippen molar-refractivity contribution in [3.05, 3.63) is 24.8 Å². The van der Waals surface area contributed by atoms with E-state index in [0.717, 1.165) is 12.8 Å². The van der Waals surface area contributed by atoms with Crippen LogP contribution in [0.15, 0.2) is 24.8 Å². The highest BCUT2D eigenvalue weighted by Gasteiger charge is 2.39. The van der Waals surface area contributed by atoms with E-state index >= 15 is 0 Å². The highest BCUT2D eigenvalue weighted by Crippen LogP contribution is 2.36.